The number of aromatic hydroxyl groups is 1. The molecule has 2 aromatic rings. The normalized spacial score (nSPS) is 28.0. The van der Waals surface area contributed by atoms with Crippen LogP contribution in [-0.2, 0) is 28.9 Å². The van der Waals surface area contributed by atoms with E-state index in [1.807, 2.05) is 54.5 Å². The van der Waals surface area contributed by atoms with Crippen LogP contribution in [0.5, 0.6) is 5.75 Å². The Balaban J connectivity index is 1.72. The molecule has 0 fully saturated rings. The molecule has 1 unspecified atom stereocenters. The average molecular weight is 615 g/mol. The minimum absolute atomic E-state index is 0.0238. The lowest BCUT2D eigenvalue weighted by atomic mass is 9.44. The summed E-state index contributed by atoms with van der Waals surface area (Å²) in [5.74, 6) is -4.92. The molecular formula is C38H46O7. The van der Waals surface area contributed by atoms with Gasteiger partial charge in [-0.15, -0.1) is 0 Å². The van der Waals surface area contributed by atoms with Crippen molar-refractivity contribution in [2.75, 3.05) is 0 Å². The van der Waals surface area contributed by atoms with E-state index in [-0.39, 0.29) is 47.3 Å². The molecular weight excluding hydrogens is 568 g/mol. The number of aryl methyl sites for hydroxylation is 4. The van der Waals surface area contributed by atoms with E-state index in [4.69, 9.17) is 0 Å². The molecule has 0 amide bonds. The second-order valence-electron chi connectivity index (χ2n) is 14.9. The smallest absolute Gasteiger partial charge is 0.209 e. The molecule has 0 radical (unpaired) electrons. The van der Waals surface area contributed by atoms with Crippen molar-refractivity contribution in [3.05, 3.63) is 85.9 Å². The molecule has 7 nitrogen and oxygen atoms in total. The van der Waals surface area contributed by atoms with E-state index in [0.29, 0.717) is 24.0 Å². The number of carbonyl (C=O) groups is 3. The number of rotatable bonds is 6. The van der Waals surface area contributed by atoms with E-state index in [1.54, 1.807) is 6.92 Å². The van der Waals surface area contributed by atoms with Crippen LogP contribution in [0.2, 0.25) is 0 Å². The Morgan fingerprint density at radius 1 is 0.956 bits per heavy atom. The Morgan fingerprint density at radius 2 is 1.56 bits per heavy atom. The third-order valence-corrected chi connectivity index (χ3v) is 10.7. The van der Waals surface area contributed by atoms with Crippen LogP contribution in [0.25, 0.3) is 0 Å². The monoisotopic (exact) mass is 614 g/mol. The molecule has 2 aromatic carbocycles. The molecule has 0 saturated heterocycles. The minimum atomic E-state index is -2.62. The Kier molecular flexibility index (Phi) is 7.76. The van der Waals surface area contributed by atoms with Crippen LogP contribution in [0.1, 0.15) is 105 Å². The largest absolute Gasteiger partial charge is 0.511 e. The Morgan fingerprint density at radius 3 is 2.09 bits per heavy atom. The number of benzene rings is 2. The number of fused-ring (bicyclic) bond motifs is 3. The number of phenolic OH excluding ortho intramolecular Hbond substituents is 1. The maximum atomic E-state index is 14.6. The van der Waals surface area contributed by atoms with E-state index in [0.717, 1.165) is 29.2 Å². The molecule has 7 heteroatoms. The first-order chi connectivity index (χ1) is 20.8. The molecule has 0 bridgehead atoms. The van der Waals surface area contributed by atoms with Gasteiger partial charge in [0.2, 0.25) is 5.78 Å². The Hall–Kier alpha value is -3.71. The summed E-state index contributed by atoms with van der Waals surface area (Å²) in [4.78, 5) is 41.1. The van der Waals surface area contributed by atoms with Gasteiger partial charge in [0, 0.05) is 22.3 Å². The standard InChI is InChI=1S/C38H46O7/c1-18(2)25-15-24(11-10-23-13-20(5)12-21(6)14-23)31(40)28-26(25)16-36(8)17-37(9)29(19(3)4)32(41)27(22(7)39)34(43)38(37,45)35(44)30(36)33(28)42/h12-15,18-19,29,40-41,44-45H,10-11,16-17H2,1-9H3/t29?,36-,37-,38+/m1/s1. The van der Waals surface area contributed by atoms with Crippen LogP contribution in [0, 0.1) is 36.5 Å². The van der Waals surface area contributed by atoms with Crippen LogP contribution in [0.3, 0.4) is 0 Å². The molecule has 0 aliphatic heterocycles. The zero-order valence-corrected chi connectivity index (χ0v) is 27.9. The second kappa shape index (κ2) is 10.7. The number of hydrogen-bond acceptors (Lipinski definition) is 7. The topological polar surface area (TPSA) is 132 Å². The summed E-state index contributed by atoms with van der Waals surface area (Å²) >= 11 is 0. The van der Waals surface area contributed by atoms with Gasteiger partial charge in [-0.3, -0.25) is 14.4 Å². The van der Waals surface area contributed by atoms with Crippen LogP contribution in [0.4, 0.5) is 0 Å². The molecule has 240 valence electrons. The van der Waals surface area contributed by atoms with Gasteiger partial charge in [-0.1, -0.05) is 76.9 Å². The maximum Gasteiger partial charge on any atom is 0.209 e. The third kappa shape index (κ3) is 4.60. The fourth-order valence-corrected chi connectivity index (χ4v) is 9.08. The SMILES string of the molecule is CC(=O)C1=C(O)C(C(C)C)[C@@]2(C)C[C@@]3(C)Cc4c(C(C)C)cc(CCc5cc(C)cc(C)c5)c(O)c4C(=O)C3=C(O)[C@@]2(O)C1=O. The van der Waals surface area contributed by atoms with Gasteiger partial charge in [0.05, 0.1) is 5.56 Å². The van der Waals surface area contributed by atoms with Gasteiger partial charge < -0.3 is 20.4 Å². The van der Waals surface area contributed by atoms with Gasteiger partial charge in [-0.05, 0) is 80.5 Å². The number of carbonyl (C=O) groups excluding carboxylic acids is 3. The average Bonchev–Trinajstić information content (AvgIpc) is 2.89. The fourth-order valence-electron chi connectivity index (χ4n) is 9.08. The zero-order valence-electron chi connectivity index (χ0n) is 27.9. The van der Waals surface area contributed by atoms with E-state index in [9.17, 15) is 34.8 Å². The zero-order chi connectivity index (χ0) is 33.5. The summed E-state index contributed by atoms with van der Waals surface area (Å²) in [5, 5.41) is 47.3. The number of aliphatic hydroxyl groups excluding tert-OH is 2. The van der Waals surface area contributed by atoms with Crippen LogP contribution < -0.4 is 0 Å². The van der Waals surface area contributed by atoms with E-state index < -0.39 is 51.0 Å². The van der Waals surface area contributed by atoms with E-state index >= 15 is 0 Å². The van der Waals surface area contributed by atoms with Gasteiger partial charge in [0.15, 0.2) is 17.2 Å². The predicted molar refractivity (Wildman–Crippen MR) is 173 cm³/mol. The number of allylic oxidation sites excluding steroid dienone is 2. The van der Waals surface area contributed by atoms with Crippen molar-refractivity contribution in [3.8, 4) is 5.75 Å². The molecule has 4 N–H and O–H groups in total. The highest BCUT2D eigenvalue weighted by Crippen LogP contribution is 2.65. The molecule has 45 heavy (non-hydrogen) atoms. The van der Waals surface area contributed by atoms with Crippen molar-refractivity contribution < 1.29 is 34.8 Å². The first-order valence-corrected chi connectivity index (χ1v) is 15.9. The van der Waals surface area contributed by atoms with Crippen molar-refractivity contribution in [2.24, 2.45) is 22.7 Å². The summed E-state index contributed by atoms with van der Waals surface area (Å²) in [7, 11) is 0. The lowest BCUT2D eigenvalue weighted by molar-refractivity contribution is -0.171. The van der Waals surface area contributed by atoms with Gasteiger partial charge in [0.1, 0.15) is 22.8 Å². The third-order valence-electron chi connectivity index (χ3n) is 10.7. The molecule has 0 spiro atoms. The molecule has 0 heterocycles. The first kappa shape index (κ1) is 32.7. The van der Waals surface area contributed by atoms with Crippen molar-refractivity contribution in [2.45, 2.75) is 99.5 Å². The predicted octanol–water partition coefficient (Wildman–Crippen LogP) is 6.87. The minimum Gasteiger partial charge on any atom is -0.511 e. The van der Waals surface area contributed by atoms with Crippen molar-refractivity contribution in [1.29, 1.82) is 0 Å². The van der Waals surface area contributed by atoms with Gasteiger partial charge in [0.25, 0.3) is 0 Å². The Bertz CT molecular complexity index is 1700. The fraction of sp³-hybridized carbons (Fsp3) is 0.500. The molecule has 5 rings (SSSR count). The summed E-state index contributed by atoms with van der Waals surface area (Å²) in [6, 6.07) is 8.31. The number of hydrogen-bond donors (Lipinski definition) is 4. The molecule has 0 aromatic heterocycles. The summed E-state index contributed by atoms with van der Waals surface area (Å²) in [6.45, 7) is 16.4. The van der Waals surface area contributed by atoms with Gasteiger partial charge >= 0.3 is 0 Å². The number of phenols is 1. The molecule has 0 saturated carbocycles. The highest BCUT2D eigenvalue weighted by molar-refractivity contribution is 6.25. The first-order valence-electron chi connectivity index (χ1n) is 15.9. The molecule has 3 aliphatic rings. The number of aliphatic hydroxyl groups is 3. The lowest BCUT2D eigenvalue weighted by Gasteiger charge is -2.59. The lowest BCUT2D eigenvalue weighted by Crippen LogP contribution is -2.67. The Labute approximate surface area is 265 Å². The quantitative estimate of drug-likeness (QED) is 0.261. The number of Topliss-reactive ketones (excluding diaryl/α,β-unsaturated/α-hetero) is 3. The van der Waals surface area contributed by atoms with Crippen LogP contribution in [0.15, 0.2) is 46.9 Å². The highest BCUT2D eigenvalue weighted by atomic mass is 16.3. The van der Waals surface area contributed by atoms with Crippen molar-refractivity contribution in [1.82, 2.24) is 0 Å². The van der Waals surface area contributed by atoms with Crippen molar-refractivity contribution >= 4 is 17.3 Å². The second-order valence-corrected chi connectivity index (χ2v) is 14.9. The number of ketones is 3. The van der Waals surface area contributed by atoms with Crippen molar-refractivity contribution in [3.63, 3.8) is 0 Å². The molecule has 4 atom stereocenters. The maximum absolute atomic E-state index is 14.6. The summed E-state index contributed by atoms with van der Waals surface area (Å²) < 4.78 is 0. The highest BCUT2D eigenvalue weighted by Gasteiger charge is 2.71. The van der Waals surface area contributed by atoms with Gasteiger partial charge in [-0.2, -0.15) is 0 Å². The van der Waals surface area contributed by atoms with Gasteiger partial charge in [-0.25, -0.2) is 0 Å². The van der Waals surface area contributed by atoms with Crippen LogP contribution >= 0.6 is 0 Å². The van der Waals surface area contributed by atoms with E-state index in [1.165, 1.54) is 0 Å². The van der Waals surface area contributed by atoms with Crippen LogP contribution in [-0.4, -0.2) is 43.4 Å². The van der Waals surface area contributed by atoms with E-state index in [2.05, 4.69) is 18.2 Å². The summed E-state index contributed by atoms with van der Waals surface area (Å²) in [5.41, 5.74) is 0.00126. The molecule has 3 aliphatic carbocycles. The summed E-state index contributed by atoms with van der Waals surface area (Å²) in [6.07, 6.45) is 1.50.